The van der Waals surface area contributed by atoms with E-state index in [1.54, 1.807) is 0 Å². The van der Waals surface area contributed by atoms with Crippen molar-refractivity contribution >= 4 is 47.1 Å². The Morgan fingerprint density at radius 3 is 1.18 bits per heavy atom. The summed E-state index contributed by atoms with van der Waals surface area (Å²) in [5.41, 5.74) is 0. The molecule has 6 nitrogen and oxygen atoms in total. The average molecular weight is 484 g/mol. The smallest absolute Gasteiger partial charge is 0.309 e. The number of hydrogen-bond donors (Lipinski definition) is 0. The highest BCUT2D eigenvalue weighted by Gasteiger charge is 2.53. The molecule has 130 valence electrons. The van der Waals surface area contributed by atoms with Gasteiger partial charge in [0.25, 0.3) is 0 Å². The Kier molecular flexibility index (Phi) is 6.78. The van der Waals surface area contributed by atoms with E-state index in [9.17, 15) is 9.13 Å². The van der Waals surface area contributed by atoms with Gasteiger partial charge in [-0.25, -0.2) is 0 Å². The van der Waals surface area contributed by atoms with Crippen LogP contribution in [0.3, 0.4) is 0 Å². The lowest BCUT2D eigenvalue weighted by Crippen LogP contribution is -2.43. The van der Waals surface area contributed by atoms with Gasteiger partial charge >= 0.3 is 15.2 Å². The molecular formula is C12H22Br2O6P2. The highest BCUT2D eigenvalue weighted by atomic mass is 79.9. The third-order valence-electron chi connectivity index (χ3n) is 4.04. The molecule has 0 saturated heterocycles. The van der Waals surface area contributed by atoms with Crippen LogP contribution in [0.25, 0.3) is 0 Å². The molecule has 0 aliphatic heterocycles. The minimum Gasteiger partial charge on any atom is -0.309 e. The third kappa shape index (κ3) is 3.65. The molecule has 1 aliphatic rings. The molecule has 0 fully saturated rings. The van der Waals surface area contributed by atoms with Crippen LogP contribution in [0, 0.1) is 0 Å². The van der Waals surface area contributed by atoms with Crippen molar-refractivity contribution in [2.75, 3.05) is 28.4 Å². The molecule has 0 bridgehead atoms. The van der Waals surface area contributed by atoms with Crippen LogP contribution in [-0.2, 0) is 27.2 Å². The van der Waals surface area contributed by atoms with E-state index < -0.39 is 23.8 Å². The molecule has 0 amide bonds. The van der Waals surface area contributed by atoms with Crippen molar-refractivity contribution in [2.24, 2.45) is 0 Å². The van der Waals surface area contributed by atoms with Crippen LogP contribution in [0.4, 0.5) is 0 Å². The summed E-state index contributed by atoms with van der Waals surface area (Å²) >= 11 is 7.32. The van der Waals surface area contributed by atoms with Crippen LogP contribution < -0.4 is 0 Å². The number of hydrogen-bond acceptors (Lipinski definition) is 6. The third-order valence-corrected chi connectivity index (χ3v) is 11.2. The molecule has 0 aromatic rings. The second-order valence-electron chi connectivity index (χ2n) is 5.37. The maximum atomic E-state index is 12.9. The van der Waals surface area contributed by atoms with Crippen LogP contribution in [0.2, 0.25) is 0 Å². The zero-order valence-electron chi connectivity index (χ0n) is 13.5. The van der Waals surface area contributed by atoms with Gasteiger partial charge in [-0.05, 0) is 26.7 Å². The molecule has 22 heavy (non-hydrogen) atoms. The van der Waals surface area contributed by atoms with Gasteiger partial charge in [0.2, 0.25) is 0 Å². The Hall–Kier alpha value is 1.000. The maximum Gasteiger partial charge on any atom is 0.357 e. The van der Waals surface area contributed by atoms with Gasteiger partial charge in [0.15, 0.2) is 0 Å². The first-order valence-electron chi connectivity index (χ1n) is 6.47. The molecule has 0 radical (unpaired) electrons. The van der Waals surface area contributed by atoms with Gasteiger partial charge < -0.3 is 18.1 Å². The number of alkyl halides is 2. The fourth-order valence-electron chi connectivity index (χ4n) is 2.30. The van der Waals surface area contributed by atoms with Crippen molar-refractivity contribution < 1.29 is 27.2 Å². The van der Waals surface area contributed by atoms with E-state index in [0.29, 0.717) is 23.5 Å². The summed E-state index contributed by atoms with van der Waals surface area (Å²) < 4.78 is 45.4. The van der Waals surface area contributed by atoms with Crippen molar-refractivity contribution in [1.82, 2.24) is 0 Å². The number of allylic oxidation sites excluding steroid dienone is 2. The van der Waals surface area contributed by atoms with Crippen LogP contribution in [0.5, 0.6) is 0 Å². The molecule has 2 atom stereocenters. The van der Waals surface area contributed by atoms with E-state index in [1.165, 1.54) is 28.4 Å². The van der Waals surface area contributed by atoms with Crippen LogP contribution in [0.1, 0.15) is 26.7 Å². The highest BCUT2D eigenvalue weighted by Crippen LogP contribution is 2.72. The SMILES string of the molecule is COP(=O)(OC)C1=C(P(=O)(OC)OC)CC(C)(Br)C(C)(Br)C1. The normalized spacial score (nSPS) is 30.7. The van der Waals surface area contributed by atoms with Crippen molar-refractivity contribution in [3.63, 3.8) is 0 Å². The van der Waals surface area contributed by atoms with E-state index in [4.69, 9.17) is 18.1 Å². The van der Waals surface area contributed by atoms with E-state index in [-0.39, 0.29) is 0 Å². The molecule has 0 heterocycles. The van der Waals surface area contributed by atoms with E-state index in [0.717, 1.165) is 0 Å². The number of halogens is 2. The second kappa shape index (κ2) is 7.09. The monoisotopic (exact) mass is 482 g/mol. The Morgan fingerprint density at radius 1 is 0.773 bits per heavy atom. The predicted molar refractivity (Wildman–Crippen MR) is 94.2 cm³/mol. The van der Waals surface area contributed by atoms with E-state index in [2.05, 4.69) is 31.9 Å². The molecule has 0 aromatic carbocycles. The Bertz CT molecular complexity index is 494. The van der Waals surface area contributed by atoms with Gasteiger partial charge in [-0.1, -0.05) is 31.9 Å². The second-order valence-corrected chi connectivity index (χ2v) is 13.4. The summed E-state index contributed by atoms with van der Waals surface area (Å²) in [6.45, 7) is 3.91. The van der Waals surface area contributed by atoms with Gasteiger partial charge in [0.05, 0.1) is 10.6 Å². The molecule has 0 N–H and O–H groups in total. The van der Waals surface area contributed by atoms with Gasteiger partial charge in [-0.2, -0.15) is 0 Å². The highest BCUT2D eigenvalue weighted by molar-refractivity contribution is 9.13. The molecule has 2 unspecified atom stereocenters. The molecule has 1 aliphatic carbocycles. The lowest BCUT2D eigenvalue weighted by molar-refractivity contribution is 0.270. The largest absolute Gasteiger partial charge is 0.357 e. The summed E-state index contributed by atoms with van der Waals surface area (Å²) in [5, 5.41) is 0.668. The predicted octanol–water partition coefficient (Wildman–Crippen LogP) is 5.27. The quantitative estimate of drug-likeness (QED) is 0.378. The summed E-state index contributed by atoms with van der Waals surface area (Å²) in [5.74, 6) is 0. The topological polar surface area (TPSA) is 71.1 Å². The van der Waals surface area contributed by atoms with E-state index >= 15 is 0 Å². The zero-order chi connectivity index (χ0) is 17.4. The summed E-state index contributed by atoms with van der Waals surface area (Å²) in [7, 11) is -1.96. The lowest BCUT2D eigenvalue weighted by Gasteiger charge is -2.45. The fourth-order valence-corrected chi connectivity index (χ4v) is 7.30. The molecular weight excluding hydrogens is 462 g/mol. The average Bonchev–Trinajstić information content (AvgIpc) is 2.47. The first-order chi connectivity index (χ1) is 9.93. The summed E-state index contributed by atoms with van der Waals surface area (Å²) in [4.78, 5) is 0. The molecule has 0 aromatic heterocycles. The molecule has 0 saturated carbocycles. The lowest BCUT2D eigenvalue weighted by atomic mass is 9.85. The Labute approximate surface area is 148 Å². The van der Waals surface area contributed by atoms with Crippen molar-refractivity contribution in [2.45, 2.75) is 35.3 Å². The van der Waals surface area contributed by atoms with Crippen LogP contribution in [0.15, 0.2) is 10.6 Å². The van der Waals surface area contributed by atoms with Crippen LogP contribution in [-0.4, -0.2) is 37.1 Å². The maximum absolute atomic E-state index is 12.9. The fraction of sp³-hybridized carbons (Fsp3) is 0.833. The minimum absolute atomic E-state index is 0.305. The first kappa shape index (κ1) is 21.0. The number of rotatable bonds is 6. The van der Waals surface area contributed by atoms with Crippen LogP contribution >= 0.6 is 47.1 Å². The summed E-state index contributed by atoms with van der Waals surface area (Å²) in [6.07, 6.45) is 0.611. The minimum atomic E-state index is -3.58. The van der Waals surface area contributed by atoms with E-state index in [1.807, 2.05) is 13.8 Å². The van der Waals surface area contributed by atoms with Crippen molar-refractivity contribution in [3.8, 4) is 0 Å². The summed E-state index contributed by atoms with van der Waals surface area (Å²) in [6, 6.07) is 0. The molecule has 1 rings (SSSR count). The zero-order valence-corrected chi connectivity index (χ0v) is 18.5. The van der Waals surface area contributed by atoms with Crippen molar-refractivity contribution in [3.05, 3.63) is 10.6 Å². The van der Waals surface area contributed by atoms with Crippen molar-refractivity contribution in [1.29, 1.82) is 0 Å². The van der Waals surface area contributed by atoms with Gasteiger partial charge in [0, 0.05) is 37.1 Å². The standard InChI is InChI=1S/C12H22Br2O6P2/c1-11(13)7-9(21(15,17-3)18-4)10(8-12(11,2)14)22(16,19-5)20-6/h7-8H2,1-6H3. The van der Waals surface area contributed by atoms with Gasteiger partial charge in [-0.15, -0.1) is 0 Å². The van der Waals surface area contributed by atoms with Gasteiger partial charge in [-0.3, -0.25) is 9.13 Å². The molecule has 0 spiro atoms. The first-order valence-corrected chi connectivity index (χ1v) is 11.1. The Balaban J connectivity index is 3.67. The van der Waals surface area contributed by atoms with Gasteiger partial charge in [0.1, 0.15) is 0 Å². The Morgan fingerprint density at radius 2 is 1.00 bits per heavy atom. The molecule has 10 heteroatoms.